The monoisotopic (exact) mass is 311 g/mol. The molecule has 1 aromatic heterocycles. The van der Waals surface area contributed by atoms with Gasteiger partial charge in [0.15, 0.2) is 6.20 Å². The van der Waals surface area contributed by atoms with Crippen LogP contribution in [-0.4, -0.2) is 8.42 Å². The first kappa shape index (κ1) is 14.8. The highest BCUT2D eigenvalue weighted by Gasteiger charge is 2.34. The van der Waals surface area contributed by atoms with Crippen molar-refractivity contribution < 1.29 is 13.1 Å². The van der Waals surface area contributed by atoms with E-state index < -0.39 is 15.1 Å². The van der Waals surface area contributed by atoms with Crippen molar-refractivity contribution in [3.63, 3.8) is 0 Å². The molecule has 0 saturated carbocycles. The Bertz CT molecular complexity index is 702. The number of pyridine rings is 1. The van der Waals surface area contributed by atoms with E-state index in [-0.39, 0.29) is 10.0 Å². The highest BCUT2D eigenvalue weighted by molar-refractivity contribution is 7.91. The number of sulfone groups is 1. The molecular weight excluding hydrogens is 298 g/mol. The Balaban J connectivity index is 2.56. The van der Waals surface area contributed by atoms with Gasteiger partial charge in [-0.1, -0.05) is 48.9 Å². The van der Waals surface area contributed by atoms with E-state index in [1.54, 1.807) is 31.2 Å². The SMILES string of the molecule is CCC(c1ccccc1)S(=O)(=O)c1cc(Cl)cc[n+]1[O-]. The fourth-order valence-corrected chi connectivity index (χ4v) is 4.17. The molecule has 20 heavy (non-hydrogen) atoms. The lowest BCUT2D eigenvalue weighted by Gasteiger charge is -2.15. The summed E-state index contributed by atoms with van der Waals surface area (Å²) >= 11 is 5.80. The van der Waals surface area contributed by atoms with Crippen LogP contribution in [0.15, 0.2) is 53.7 Å². The first-order valence-electron chi connectivity index (χ1n) is 6.14. The standard InChI is InChI=1S/C14H14ClNO3S/c1-2-13(11-6-4-3-5-7-11)20(18,19)14-10-12(15)8-9-16(14)17/h3-10,13H,2H2,1H3. The molecule has 1 aromatic carbocycles. The summed E-state index contributed by atoms with van der Waals surface area (Å²) in [5, 5.41) is 10.9. The number of nitrogens with zero attached hydrogens (tertiary/aromatic N) is 1. The fourth-order valence-electron chi connectivity index (χ4n) is 2.10. The number of aromatic nitrogens is 1. The number of rotatable bonds is 4. The van der Waals surface area contributed by atoms with E-state index in [0.29, 0.717) is 16.7 Å². The minimum absolute atomic E-state index is 0.221. The van der Waals surface area contributed by atoms with Gasteiger partial charge in [-0.2, -0.15) is 4.73 Å². The third kappa shape index (κ3) is 2.78. The first-order chi connectivity index (χ1) is 9.46. The Kier molecular flexibility index (Phi) is 4.30. The third-order valence-corrected chi connectivity index (χ3v) is 5.53. The number of halogens is 1. The highest BCUT2D eigenvalue weighted by atomic mass is 35.5. The summed E-state index contributed by atoms with van der Waals surface area (Å²) in [4.78, 5) is 0. The van der Waals surface area contributed by atoms with Crippen LogP contribution >= 0.6 is 11.6 Å². The van der Waals surface area contributed by atoms with Gasteiger partial charge in [-0.25, -0.2) is 8.42 Å². The predicted molar refractivity (Wildman–Crippen MR) is 77.1 cm³/mol. The zero-order chi connectivity index (χ0) is 14.8. The molecule has 106 valence electrons. The topological polar surface area (TPSA) is 61.1 Å². The molecule has 0 amide bonds. The average molecular weight is 312 g/mol. The Morgan fingerprint density at radius 2 is 1.90 bits per heavy atom. The van der Waals surface area contributed by atoms with Crippen LogP contribution in [0, 0.1) is 5.21 Å². The average Bonchev–Trinajstić information content (AvgIpc) is 2.43. The maximum absolute atomic E-state index is 12.7. The number of hydrogen-bond acceptors (Lipinski definition) is 3. The fraction of sp³-hybridized carbons (Fsp3) is 0.214. The molecule has 0 fully saturated rings. The van der Waals surface area contributed by atoms with E-state index in [0.717, 1.165) is 6.20 Å². The normalized spacial score (nSPS) is 13.1. The summed E-state index contributed by atoms with van der Waals surface area (Å²) in [6.45, 7) is 1.77. The summed E-state index contributed by atoms with van der Waals surface area (Å²) < 4.78 is 25.7. The molecule has 1 atom stereocenters. The van der Waals surface area contributed by atoms with Crippen LogP contribution in [0.4, 0.5) is 0 Å². The molecule has 2 aromatic rings. The van der Waals surface area contributed by atoms with Crippen LogP contribution < -0.4 is 4.73 Å². The quantitative estimate of drug-likeness (QED) is 0.644. The Hall–Kier alpha value is -1.59. The third-order valence-electron chi connectivity index (χ3n) is 3.06. The minimum Gasteiger partial charge on any atom is -0.618 e. The number of benzene rings is 1. The van der Waals surface area contributed by atoms with Crippen molar-refractivity contribution in [1.82, 2.24) is 0 Å². The Morgan fingerprint density at radius 3 is 2.50 bits per heavy atom. The first-order valence-corrected chi connectivity index (χ1v) is 8.06. The van der Waals surface area contributed by atoms with Crippen LogP contribution in [0.1, 0.15) is 24.2 Å². The van der Waals surface area contributed by atoms with Crippen LogP contribution in [0.3, 0.4) is 0 Å². The van der Waals surface area contributed by atoms with Crippen LogP contribution in [0.2, 0.25) is 5.02 Å². The molecule has 0 saturated heterocycles. The van der Waals surface area contributed by atoms with Gasteiger partial charge >= 0.3 is 5.03 Å². The van der Waals surface area contributed by atoms with Crippen molar-refractivity contribution in [2.75, 3.05) is 0 Å². The van der Waals surface area contributed by atoms with Crippen molar-refractivity contribution in [3.05, 3.63) is 64.5 Å². The van der Waals surface area contributed by atoms with E-state index in [4.69, 9.17) is 11.6 Å². The van der Waals surface area contributed by atoms with Crippen LogP contribution in [-0.2, 0) is 9.84 Å². The Labute approximate surface area is 123 Å². The maximum atomic E-state index is 12.7. The van der Waals surface area contributed by atoms with Gasteiger partial charge in [0.2, 0.25) is 9.84 Å². The van der Waals surface area contributed by atoms with Crippen molar-refractivity contribution in [2.24, 2.45) is 0 Å². The molecule has 0 aliphatic carbocycles. The van der Waals surface area contributed by atoms with Gasteiger partial charge in [0, 0.05) is 12.1 Å². The van der Waals surface area contributed by atoms with Gasteiger partial charge < -0.3 is 5.21 Å². The molecule has 0 spiro atoms. The van der Waals surface area contributed by atoms with Gasteiger partial charge in [0.05, 0.1) is 10.3 Å². The zero-order valence-corrected chi connectivity index (χ0v) is 12.4. The smallest absolute Gasteiger partial charge is 0.310 e. The van der Waals surface area contributed by atoms with E-state index in [1.807, 2.05) is 6.07 Å². The molecule has 1 unspecified atom stereocenters. The molecule has 6 heteroatoms. The largest absolute Gasteiger partial charge is 0.618 e. The molecule has 0 aliphatic heterocycles. The molecule has 1 heterocycles. The lowest BCUT2D eigenvalue weighted by Crippen LogP contribution is -2.35. The molecule has 0 aliphatic rings. The maximum Gasteiger partial charge on any atom is 0.310 e. The van der Waals surface area contributed by atoms with Crippen LogP contribution in [0.5, 0.6) is 0 Å². The number of hydrogen-bond donors (Lipinski definition) is 0. The van der Waals surface area contributed by atoms with Gasteiger partial charge in [0.1, 0.15) is 0 Å². The second-order valence-electron chi connectivity index (χ2n) is 4.36. The van der Waals surface area contributed by atoms with Crippen molar-refractivity contribution in [3.8, 4) is 0 Å². The summed E-state index contributed by atoms with van der Waals surface area (Å²) in [6, 6.07) is 11.4. The van der Waals surface area contributed by atoms with E-state index in [9.17, 15) is 13.6 Å². The predicted octanol–water partition coefficient (Wildman–Crippen LogP) is 2.90. The van der Waals surface area contributed by atoms with Gasteiger partial charge in [-0.15, -0.1) is 0 Å². The van der Waals surface area contributed by atoms with Crippen LogP contribution in [0.25, 0.3) is 0 Å². The molecule has 4 nitrogen and oxygen atoms in total. The molecule has 0 radical (unpaired) electrons. The zero-order valence-electron chi connectivity index (χ0n) is 10.9. The lowest BCUT2D eigenvalue weighted by molar-refractivity contribution is -0.646. The van der Waals surface area contributed by atoms with E-state index in [2.05, 4.69) is 0 Å². The van der Waals surface area contributed by atoms with E-state index in [1.165, 1.54) is 12.1 Å². The molecule has 2 rings (SSSR count). The molecule has 0 N–H and O–H groups in total. The second kappa shape index (κ2) is 5.81. The summed E-state index contributed by atoms with van der Waals surface area (Å²) in [6.07, 6.45) is 1.48. The Morgan fingerprint density at radius 1 is 1.25 bits per heavy atom. The van der Waals surface area contributed by atoms with Crippen molar-refractivity contribution >= 4 is 21.4 Å². The van der Waals surface area contributed by atoms with Crippen molar-refractivity contribution in [2.45, 2.75) is 23.6 Å². The lowest BCUT2D eigenvalue weighted by atomic mass is 10.1. The van der Waals surface area contributed by atoms with Gasteiger partial charge in [-0.05, 0) is 12.0 Å². The summed E-state index contributed by atoms with van der Waals surface area (Å²) in [7, 11) is -3.79. The van der Waals surface area contributed by atoms with E-state index >= 15 is 0 Å². The van der Waals surface area contributed by atoms with Gasteiger partial charge in [0.25, 0.3) is 0 Å². The van der Waals surface area contributed by atoms with Crippen molar-refractivity contribution in [1.29, 1.82) is 0 Å². The second-order valence-corrected chi connectivity index (χ2v) is 6.88. The van der Waals surface area contributed by atoms with Gasteiger partial charge in [-0.3, -0.25) is 0 Å². The minimum atomic E-state index is -3.79. The summed E-state index contributed by atoms with van der Waals surface area (Å²) in [5.74, 6) is 0. The summed E-state index contributed by atoms with van der Waals surface area (Å²) in [5.41, 5.74) is 0.662. The molecule has 0 bridgehead atoms. The molecular formula is C14H14ClNO3S. The highest BCUT2D eigenvalue weighted by Crippen LogP contribution is 2.30.